The standard InChI is InChI=1S/C11H12BrF4N/c1-7-5-8(12)9(13)6-10(7)17-4-2-3-11(14,15)16/h5-6,17H,2-4H2,1H3. The van der Waals surface area contributed by atoms with Crippen molar-refractivity contribution < 1.29 is 17.6 Å². The van der Waals surface area contributed by atoms with Gasteiger partial charge in [-0.25, -0.2) is 4.39 Å². The van der Waals surface area contributed by atoms with Crippen LogP contribution in [0.3, 0.4) is 0 Å². The number of nitrogens with one attached hydrogen (secondary N) is 1. The zero-order chi connectivity index (χ0) is 13.1. The van der Waals surface area contributed by atoms with E-state index >= 15 is 0 Å². The number of anilines is 1. The van der Waals surface area contributed by atoms with Crippen LogP contribution in [0.2, 0.25) is 0 Å². The summed E-state index contributed by atoms with van der Waals surface area (Å²) in [5.74, 6) is -0.436. The monoisotopic (exact) mass is 313 g/mol. The van der Waals surface area contributed by atoms with Crippen molar-refractivity contribution in [2.24, 2.45) is 0 Å². The minimum absolute atomic E-state index is 0.0272. The second kappa shape index (κ2) is 5.71. The SMILES string of the molecule is Cc1cc(Br)c(F)cc1NCCCC(F)(F)F. The Labute approximate surface area is 105 Å². The van der Waals surface area contributed by atoms with E-state index in [1.54, 1.807) is 13.0 Å². The fraction of sp³-hybridized carbons (Fsp3) is 0.455. The highest BCUT2D eigenvalue weighted by molar-refractivity contribution is 9.10. The fourth-order valence-corrected chi connectivity index (χ4v) is 1.81. The minimum atomic E-state index is -4.14. The lowest BCUT2D eigenvalue weighted by molar-refractivity contribution is -0.134. The average molecular weight is 314 g/mol. The van der Waals surface area contributed by atoms with E-state index in [4.69, 9.17) is 0 Å². The van der Waals surface area contributed by atoms with Crippen molar-refractivity contribution in [3.05, 3.63) is 28.0 Å². The van der Waals surface area contributed by atoms with E-state index in [0.29, 0.717) is 10.2 Å². The zero-order valence-electron chi connectivity index (χ0n) is 9.17. The molecule has 0 atom stereocenters. The molecule has 0 heterocycles. The average Bonchev–Trinajstić information content (AvgIpc) is 2.18. The molecule has 1 aromatic carbocycles. The van der Waals surface area contributed by atoms with Crippen LogP contribution in [0.25, 0.3) is 0 Å². The number of aryl methyl sites for hydroxylation is 1. The summed E-state index contributed by atoms with van der Waals surface area (Å²) in [7, 11) is 0. The van der Waals surface area contributed by atoms with E-state index in [0.717, 1.165) is 5.56 Å². The summed E-state index contributed by atoms with van der Waals surface area (Å²) in [6.07, 6.45) is -5.00. The van der Waals surface area contributed by atoms with Gasteiger partial charge in [0.15, 0.2) is 0 Å². The van der Waals surface area contributed by atoms with E-state index in [2.05, 4.69) is 21.2 Å². The summed E-state index contributed by atoms with van der Waals surface area (Å²) in [5, 5.41) is 2.79. The van der Waals surface area contributed by atoms with Gasteiger partial charge in [-0.3, -0.25) is 0 Å². The van der Waals surface area contributed by atoms with Gasteiger partial charge in [0.25, 0.3) is 0 Å². The van der Waals surface area contributed by atoms with Crippen LogP contribution < -0.4 is 5.32 Å². The Bertz CT molecular complexity index is 390. The topological polar surface area (TPSA) is 12.0 Å². The molecule has 17 heavy (non-hydrogen) atoms. The molecule has 96 valence electrons. The molecular weight excluding hydrogens is 302 g/mol. The number of alkyl halides is 3. The Hall–Kier alpha value is -0.780. The van der Waals surface area contributed by atoms with Crippen LogP contribution in [0.5, 0.6) is 0 Å². The van der Waals surface area contributed by atoms with E-state index in [-0.39, 0.29) is 13.0 Å². The third-order valence-corrected chi connectivity index (χ3v) is 2.83. The zero-order valence-corrected chi connectivity index (χ0v) is 10.8. The molecule has 0 saturated heterocycles. The fourth-order valence-electron chi connectivity index (χ4n) is 1.35. The maximum atomic E-state index is 13.2. The van der Waals surface area contributed by atoms with Gasteiger partial charge in [-0.2, -0.15) is 13.2 Å². The summed E-state index contributed by atoms with van der Waals surface area (Å²) >= 11 is 3.04. The molecule has 6 heteroatoms. The molecule has 1 rings (SSSR count). The molecule has 0 aromatic heterocycles. The van der Waals surface area contributed by atoms with Crippen LogP contribution >= 0.6 is 15.9 Å². The largest absolute Gasteiger partial charge is 0.389 e. The molecule has 1 nitrogen and oxygen atoms in total. The molecular formula is C11H12BrF4N. The van der Waals surface area contributed by atoms with Crippen molar-refractivity contribution in [1.29, 1.82) is 0 Å². The summed E-state index contributed by atoms with van der Waals surface area (Å²) in [6, 6.07) is 2.86. The molecule has 0 bridgehead atoms. The summed E-state index contributed by atoms with van der Waals surface area (Å²) in [5.41, 5.74) is 1.30. The van der Waals surface area contributed by atoms with Gasteiger partial charge in [0.05, 0.1) is 4.47 Å². The molecule has 0 spiro atoms. The lowest BCUT2D eigenvalue weighted by Gasteiger charge is -2.11. The quantitative estimate of drug-likeness (QED) is 0.630. The first kappa shape index (κ1) is 14.3. The van der Waals surface area contributed by atoms with Crippen LogP contribution in [-0.4, -0.2) is 12.7 Å². The second-order valence-corrected chi connectivity index (χ2v) is 4.58. The maximum absolute atomic E-state index is 13.2. The van der Waals surface area contributed by atoms with E-state index in [1.807, 2.05) is 0 Å². The van der Waals surface area contributed by atoms with Crippen molar-refractivity contribution in [3.8, 4) is 0 Å². The van der Waals surface area contributed by atoms with Crippen LogP contribution in [0.1, 0.15) is 18.4 Å². The first-order chi connectivity index (χ1) is 7.79. The molecule has 0 aliphatic heterocycles. The molecule has 0 amide bonds. The number of rotatable bonds is 4. The molecule has 0 radical (unpaired) electrons. The van der Waals surface area contributed by atoms with Gasteiger partial charge in [0.1, 0.15) is 5.82 Å². The van der Waals surface area contributed by atoms with Crippen LogP contribution in [0.4, 0.5) is 23.2 Å². The van der Waals surface area contributed by atoms with Crippen LogP contribution in [0, 0.1) is 12.7 Å². The van der Waals surface area contributed by atoms with Gasteiger partial charge in [-0.15, -0.1) is 0 Å². The van der Waals surface area contributed by atoms with Crippen LogP contribution in [0.15, 0.2) is 16.6 Å². The predicted octanol–water partition coefficient (Wildman–Crippen LogP) is 4.65. The highest BCUT2D eigenvalue weighted by Gasteiger charge is 2.25. The van der Waals surface area contributed by atoms with Gasteiger partial charge >= 0.3 is 6.18 Å². The maximum Gasteiger partial charge on any atom is 0.389 e. The van der Waals surface area contributed by atoms with E-state index in [1.165, 1.54) is 6.07 Å². The molecule has 0 aliphatic rings. The lowest BCUT2D eigenvalue weighted by Crippen LogP contribution is -2.11. The first-order valence-corrected chi connectivity index (χ1v) is 5.85. The summed E-state index contributed by atoms with van der Waals surface area (Å²) in [4.78, 5) is 0. The second-order valence-electron chi connectivity index (χ2n) is 3.73. The number of hydrogen-bond donors (Lipinski definition) is 1. The normalized spacial score (nSPS) is 11.6. The van der Waals surface area contributed by atoms with Crippen molar-refractivity contribution in [3.63, 3.8) is 0 Å². The Morgan fingerprint density at radius 1 is 1.29 bits per heavy atom. The minimum Gasteiger partial charge on any atom is -0.385 e. The van der Waals surface area contributed by atoms with Gasteiger partial charge in [-0.1, -0.05) is 0 Å². The van der Waals surface area contributed by atoms with Gasteiger partial charge in [0, 0.05) is 18.7 Å². The Kier molecular flexibility index (Phi) is 4.80. The first-order valence-electron chi connectivity index (χ1n) is 5.06. The van der Waals surface area contributed by atoms with Gasteiger partial charge in [-0.05, 0) is 47.0 Å². The third kappa shape index (κ3) is 4.93. The Morgan fingerprint density at radius 3 is 2.53 bits per heavy atom. The Balaban J connectivity index is 2.50. The van der Waals surface area contributed by atoms with E-state index < -0.39 is 18.4 Å². The molecule has 1 aromatic rings. The van der Waals surface area contributed by atoms with E-state index in [9.17, 15) is 17.6 Å². The lowest BCUT2D eigenvalue weighted by atomic mass is 10.2. The van der Waals surface area contributed by atoms with Gasteiger partial charge < -0.3 is 5.32 Å². The number of benzene rings is 1. The summed E-state index contributed by atoms with van der Waals surface area (Å²) in [6.45, 7) is 1.93. The predicted molar refractivity (Wildman–Crippen MR) is 62.6 cm³/mol. The number of hydrogen-bond acceptors (Lipinski definition) is 1. The molecule has 1 N–H and O–H groups in total. The van der Waals surface area contributed by atoms with Crippen molar-refractivity contribution in [2.75, 3.05) is 11.9 Å². The van der Waals surface area contributed by atoms with Crippen LogP contribution in [-0.2, 0) is 0 Å². The molecule has 0 fully saturated rings. The van der Waals surface area contributed by atoms with Crippen molar-refractivity contribution in [1.82, 2.24) is 0 Å². The smallest absolute Gasteiger partial charge is 0.385 e. The van der Waals surface area contributed by atoms with Crippen molar-refractivity contribution in [2.45, 2.75) is 25.9 Å². The Morgan fingerprint density at radius 2 is 1.94 bits per heavy atom. The van der Waals surface area contributed by atoms with Crippen molar-refractivity contribution >= 4 is 21.6 Å². The third-order valence-electron chi connectivity index (χ3n) is 2.22. The highest BCUT2D eigenvalue weighted by Crippen LogP contribution is 2.25. The number of halogens is 5. The highest BCUT2D eigenvalue weighted by atomic mass is 79.9. The molecule has 0 aliphatic carbocycles. The molecule has 0 saturated carbocycles. The van der Waals surface area contributed by atoms with Gasteiger partial charge in [0.2, 0.25) is 0 Å². The molecule has 0 unspecified atom stereocenters. The summed E-state index contributed by atoms with van der Waals surface area (Å²) < 4.78 is 49.2.